The highest BCUT2D eigenvalue weighted by atomic mass is 16.6. The number of nitrogens with zero attached hydrogens (tertiary/aromatic N) is 3. The lowest BCUT2D eigenvalue weighted by Gasteiger charge is -2.37. The molecule has 0 spiro atoms. The maximum atomic E-state index is 13.4. The van der Waals surface area contributed by atoms with Crippen molar-refractivity contribution in [1.29, 1.82) is 0 Å². The van der Waals surface area contributed by atoms with Gasteiger partial charge in [-0.25, -0.2) is 4.79 Å². The summed E-state index contributed by atoms with van der Waals surface area (Å²) in [6, 6.07) is 15.4. The standard InChI is InChI=1S/C28H35N3O5/c1-28(2,3)36-27(34)30-16-14-29(15-17-30)22-7-5-6-21(18-22)24-12-13-25(32)31(26(24)33)19-20-8-10-23(35-4)11-9-20/h5-11,18,24H,12-17,19H2,1-4H3. The highest BCUT2D eigenvalue weighted by Crippen LogP contribution is 2.32. The van der Waals surface area contributed by atoms with Crippen molar-refractivity contribution < 1.29 is 23.9 Å². The average molecular weight is 494 g/mol. The molecule has 0 saturated carbocycles. The molecular weight excluding hydrogens is 458 g/mol. The highest BCUT2D eigenvalue weighted by Gasteiger charge is 2.35. The van der Waals surface area contributed by atoms with Gasteiger partial charge in [0.2, 0.25) is 11.8 Å². The Labute approximate surface area is 212 Å². The summed E-state index contributed by atoms with van der Waals surface area (Å²) in [6.45, 7) is 8.37. The van der Waals surface area contributed by atoms with Gasteiger partial charge in [-0.1, -0.05) is 24.3 Å². The first-order valence-corrected chi connectivity index (χ1v) is 12.4. The first-order chi connectivity index (χ1) is 17.1. The van der Waals surface area contributed by atoms with Crippen molar-refractivity contribution in [3.05, 3.63) is 59.7 Å². The monoisotopic (exact) mass is 493 g/mol. The Morgan fingerprint density at radius 2 is 1.69 bits per heavy atom. The Balaban J connectivity index is 1.42. The molecule has 36 heavy (non-hydrogen) atoms. The van der Waals surface area contributed by atoms with Crippen LogP contribution in [0.4, 0.5) is 10.5 Å². The first-order valence-electron chi connectivity index (χ1n) is 12.4. The van der Waals surface area contributed by atoms with Crippen LogP contribution in [0.25, 0.3) is 0 Å². The van der Waals surface area contributed by atoms with Crippen LogP contribution in [0.2, 0.25) is 0 Å². The molecule has 4 rings (SSSR count). The van der Waals surface area contributed by atoms with E-state index in [9.17, 15) is 14.4 Å². The number of hydrogen-bond donors (Lipinski definition) is 0. The molecule has 2 aliphatic heterocycles. The number of piperidine rings is 1. The van der Waals surface area contributed by atoms with Gasteiger partial charge in [-0.3, -0.25) is 14.5 Å². The van der Waals surface area contributed by atoms with Crippen molar-refractivity contribution in [1.82, 2.24) is 9.80 Å². The van der Waals surface area contributed by atoms with Gasteiger partial charge in [0.15, 0.2) is 0 Å². The van der Waals surface area contributed by atoms with E-state index in [4.69, 9.17) is 9.47 Å². The number of imide groups is 1. The Morgan fingerprint density at radius 3 is 2.33 bits per heavy atom. The second-order valence-corrected chi connectivity index (χ2v) is 10.3. The normalized spacial score (nSPS) is 18.9. The predicted molar refractivity (Wildman–Crippen MR) is 137 cm³/mol. The van der Waals surface area contributed by atoms with Crippen LogP contribution >= 0.6 is 0 Å². The summed E-state index contributed by atoms with van der Waals surface area (Å²) in [4.78, 5) is 43.7. The summed E-state index contributed by atoms with van der Waals surface area (Å²) in [7, 11) is 1.60. The van der Waals surface area contributed by atoms with Crippen molar-refractivity contribution in [2.75, 3.05) is 38.2 Å². The zero-order valence-electron chi connectivity index (χ0n) is 21.5. The Hall–Kier alpha value is -3.55. The van der Waals surface area contributed by atoms with Crippen molar-refractivity contribution in [2.24, 2.45) is 0 Å². The van der Waals surface area contributed by atoms with E-state index in [1.165, 1.54) is 4.90 Å². The van der Waals surface area contributed by atoms with Crippen molar-refractivity contribution in [3.8, 4) is 5.75 Å². The fourth-order valence-electron chi connectivity index (χ4n) is 4.64. The van der Waals surface area contributed by atoms with Gasteiger partial charge < -0.3 is 19.3 Å². The van der Waals surface area contributed by atoms with Crippen molar-refractivity contribution in [3.63, 3.8) is 0 Å². The van der Waals surface area contributed by atoms with E-state index in [0.717, 1.165) is 22.6 Å². The number of anilines is 1. The molecule has 2 aliphatic rings. The smallest absolute Gasteiger partial charge is 0.410 e. The molecule has 8 nitrogen and oxygen atoms in total. The Kier molecular flexibility index (Phi) is 7.52. The first kappa shape index (κ1) is 25.5. The molecule has 0 bridgehead atoms. The second kappa shape index (κ2) is 10.6. The van der Waals surface area contributed by atoms with Gasteiger partial charge in [-0.15, -0.1) is 0 Å². The van der Waals surface area contributed by atoms with Gasteiger partial charge in [-0.2, -0.15) is 0 Å². The molecule has 2 heterocycles. The van der Waals surface area contributed by atoms with Gasteiger partial charge in [0.05, 0.1) is 19.6 Å². The van der Waals surface area contributed by atoms with E-state index < -0.39 is 5.60 Å². The van der Waals surface area contributed by atoms with Crippen LogP contribution in [0.5, 0.6) is 5.75 Å². The number of hydrogen-bond acceptors (Lipinski definition) is 6. The predicted octanol–water partition coefficient (Wildman–Crippen LogP) is 4.19. The van der Waals surface area contributed by atoms with E-state index in [-0.39, 0.29) is 30.4 Å². The number of carbonyl (C=O) groups is 3. The number of rotatable bonds is 5. The third-order valence-corrected chi connectivity index (χ3v) is 6.58. The zero-order chi connectivity index (χ0) is 25.9. The number of amides is 3. The van der Waals surface area contributed by atoms with Crippen LogP contribution in [-0.2, 0) is 20.9 Å². The number of benzene rings is 2. The molecule has 2 fully saturated rings. The van der Waals surface area contributed by atoms with Gasteiger partial charge in [-0.05, 0) is 62.6 Å². The minimum Gasteiger partial charge on any atom is -0.497 e. The number of carbonyl (C=O) groups excluding carboxylic acids is 3. The van der Waals surface area contributed by atoms with Crippen molar-refractivity contribution in [2.45, 2.75) is 51.7 Å². The van der Waals surface area contributed by atoms with Gasteiger partial charge in [0, 0.05) is 38.3 Å². The SMILES string of the molecule is COc1ccc(CN2C(=O)CCC(c3cccc(N4CCN(C(=O)OC(C)(C)C)CC4)c3)C2=O)cc1. The third kappa shape index (κ3) is 5.98. The molecule has 0 aromatic heterocycles. The van der Waals surface area contributed by atoms with E-state index in [1.54, 1.807) is 12.0 Å². The minimum atomic E-state index is -0.516. The Morgan fingerprint density at radius 1 is 1.00 bits per heavy atom. The van der Waals surface area contributed by atoms with Crippen LogP contribution in [-0.4, -0.2) is 66.6 Å². The molecular formula is C28H35N3O5. The molecule has 1 atom stereocenters. The lowest BCUT2D eigenvalue weighted by atomic mass is 9.88. The number of piperazine rings is 1. The third-order valence-electron chi connectivity index (χ3n) is 6.58. The van der Waals surface area contributed by atoms with Gasteiger partial charge >= 0.3 is 6.09 Å². The largest absolute Gasteiger partial charge is 0.497 e. The molecule has 8 heteroatoms. The summed E-state index contributed by atoms with van der Waals surface area (Å²) >= 11 is 0. The van der Waals surface area contributed by atoms with E-state index in [1.807, 2.05) is 69.3 Å². The van der Waals surface area contributed by atoms with E-state index in [0.29, 0.717) is 39.0 Å². The van der Waals surface area contributed by atoms with Crippen LogP contribution < -0.4 is 9.64 Å². The molecule has 0 N–H and O–H groups in total. The maximum absolute atomic E-state index is 13.4. The number of ether oxygens (including phenoxy) is 2. The molecule has 0 radical (unpaired) electrons. The quantitative estimate of drug-likeness (QED) is 0.582. The summed E-state index contributed by atoms with van der Waals surface area (Å²) in [6.07, 6.45) is 0.559. The number of likely N-dealkylation sites (tertiary alicyclic amines) is 1. The summed E-state index contributed by atoms with van der Waals surface area (Å²) in [5.41, 5.74) is 2.30. The van der Waals surface area contributed by atoms with E-state index in [2.05, 4.69) is 4.90 Å². The van der Waals surface area contributed by atoms with Crippen LogP contribution in [0.15, 0.2) is 48.5 Å². The molecule has 192 valence electrons. The molecule has 2 saturated heterocycles. The molecule has 1 unspecified atom stereocenters. The second-order valence-electron chi connectivity index (χ2n) is 10.3. The Bertz CT molecular complexity index is 1100. The maximum Gasteiger partial charge on any atom is 0.410 e. The summed E-state index contributed by atoms with van der Waals surface area (Å²) in [5.74, 6) is 0.0797. The zero-order valence-corrected chi connectivity index (χ0v) is 21.5. The fraction of sp³-hybridized carbons (Fsp3) is 0.464. The summed E-state index contributed by atoms with van der Waals surface area (Å²) < 4.78 is 10.7. The topological polar surface area (TPSA) is 79.4 Å². The van der Waals surface area contributed by atoms with Crippen molar-refractivity contribution >= 4 is 23.6 Å². The van der Waals surface area contributed by atoms with Gasteiger partial charge in [0.25, 0.3) is 0 Å². The number of methoxy groups -OCH3 is 1. The van der Waals surface area contributed by atoms with Crippen LogP contribution in [0.3, 0.4) is 0 Å². The molecule has 3 amide bonds. The fourth-order valence-corrected chi connectivity index (χ4v) is 4.64. The van der Waals surface area contributed by atoms with Gasteiger partial charge in [0.1, 0.15) is 11.4 Å². The highest BCUT2D eigenvalue weighted by molar-refractivity contribution is 6.01. The van der Waals surface area contributed by atoms with Crippen LogP contribution in [0, 0.1) is 0 Å². The minimum absolute atomic E-state index is 0.138. The molecule has 0 aliphatic carbocycles. The van der Waals surface area contributed by atoms with E-state index >= 15 is 0 Å². The molecule has 2 aromatic rings. The lowest BCUT2D eigenvalue weighted by Crippen LogP contribution is -2.50. The average Bonchev–Trinajstić information content (AvgIpc) is 2.86. The molecule has 2 aromatic carbocycles. The van der Waals surface area contributed by atoms with Crippen LogP contribution in [0.1, 0.15) is 50.7 Å². The summed E-state index contributed by atoms with van der Waals surface area (Å²) in [5, 5.41) is 0. The lowest BCUT2D eigenvalue weighted by molar-refractivity contribution is -0.150.